The van der Waals surface area contributed by atoms with E-state index in [0.29, 0.717) is 23.3 Å². The Kier molecular flexibility index (Phi) is 6.24. The first-order valence-electron chi connectivity index (χ1n) is 5.62. The van der Waals surface area contributed by atoms with Crippen molar-refractivity contribution < 1.29 is 17.9 Å². The van der Waals surface area contributed by atoms with Gasteiger partial charge in [0, 0.05) is 13.5 Å². The van der Waals surface area contributed by atoms with Gasteiger partial charge in [-0.25, -0.2) is 0 Å². The Bertz CT molecular complexity index is 397. The lowest BCUT2D eigenvalue weighted by molar-refractivity contribution is -0.136. The van der Waals surface area contributed by atoms with E-state index < -0.39 is 18.6 Å². The summed E-state index contributed by atoms with van der Waals surface area (Å²) in [5, 5.41) is 4.08. The molecule has 1 aromatic rings. The van der Waals surface area contributed by atoms with E-state index in [-0.39, 0.29) is 6.42 Å². The third kappa shape index (κ3) is 5.09. The third-order valence-electron chi connectivity index (χ3n) is 2.59. The highest BCUT2D eigenvalue weighted by Gasteiger charge is 2.30. The van der Waals surface area contributed by atoms with Crippen LogP contribution in [0.1, 0.15) is 24.6 Å². The minimum atomic E-state index is -4.21. The van der Waals surface area contributed by atoms with Crippen molar-refractivity contribution in [1.82, 2.24) is 15.2 Å². The molecule has 1 unspecified atom stereocenters. The van der Waals surface area contributed by atoms with Gasteiger partial charge < -0.3 is 4.74 Å². The molecule has 0 aromatic carbocycles. The summed E-state index contributed by atoms with van der Waals surface area (Å²) in [4.78, 5) is 0. The van der Waals surface area contributed by atoms with Crippen molar-refractivity contribution in [3.63, 3.8) is 0 Å². The van der Waals surface area contributed by atoms with E-state index in [1.165, 1.54) is 6.20 Å². The van der Waals surface area contributed by atoms with Crippen molar-refractivity contribution in [3.05, 3.63) is 16.4 Å². The van der Waals surface area contributed by atoms with Crippen LogP contribution in [0, 0.1) is 0 Å². The van der Waals surface area contributed by atoms with Gasteiger partial charge in [-0.3, -0.25) is 16.0 Å². The molecule has 1 atom stereocenters. The van der Waals surface area contributed by atoms with Crippen LogP contribution in [0.15, 0.2) is 10.7 Å². The maximum Gasteiger partial charge on any atom is 0.389 e. The van der Waals surface area contributed by atoms with Crippen LogP contribution in [0.5, 0.6) is 0 Å². The fraction of sp³-hybridized carbons (Fsp3) is 0.700. The molecule has 1 aromatic heterocycles. The molecule has 0 amide bonds. The van der Waals surface area contributed by atoms with E-state index in [1.807, 2.05) is 0 Å². The van der Waals surface area contributed by atoms with Gasteiger partial charge in [-0.15, -0.1) is 0 Å². The number of nitrogens with zero attached hydrogens (tertiary/aromatic N) is 2. The van der Waals surface area contributed by atoms with Crippen molar-refractivity contribution >= 4 is 15.9 Å². The summed E-state index contributed by atoms with van der Waals surface area (Å²) in [7, 11) is 1.54. The van der Waals surface area contributed by atoms with Crippen LogP contribution < -0.4 is 11.3 Å². The Morgan fingerprint density at radius 2 is 2.26 bits per heavy atom. The van der Waals surface area contributed by atoms with Gasteiger partial charge in [0.25, 0.3) is 0 Å². The standard InChI is InChI=1S/C10H16BrF3N4O/c1-19-5-4-18-9(7(11)6-16-18)8(17-15)2-3-10(12,13)14/h6,8,17H,2-5,15H2,1H3. The average Bonchev–Trinajstić information content (AvgIpc) is 2.68. The molecule has 0 fully saturated rings. The monoisotopic (exact) mass is 344 g/mol. The maximum atomic E-state index is 12.3. The fourth-order valence-electron chi connectivity index (χ4n) is 1.68. The molecule has 5 nitrogen and oxygen atoms in total. The molecular weight excluding hydrogens is 329 g/mol. The lowest BCUT2D eigenvalue weighted by Crippen LogP contribution is -2.31. The van der Waals surface area contributed by atoms with Gasteiger partial charge in [0.15, 0.2) is 0 Å². The molecule has 0 aliphatic heterocycles. The number of rotatable bonds is 7. The number of hydrazine groups is 1. The highest BCUT2D eigenvalue weighted by Crippen LogP contribution is 2.30. The Morgan fingerprint density at radius 3 is 2.79 bits per heavy atom. The summed E-state index contributed by atoms with van der Waals surface area (Å²) >= 11 is 3.27. The van der Waals surface area contributed by atoms with Gasteiger partial charge in [0.1, 0.15) is 0 Å². The Hall–Kier alpha value is -0.640. The van der Waals surface area contributed by atoms with Crippen LogP contribution in [-0.2, 0) is 11.3 Å². The van der Waals surface area contributed by atoms with Gasteiger partial charge in [-0.05, 0) is 22.4 Å². The van der Waals surface area contributed by atoms with Gasteiger partial charge in [0.05, 0.1) is 35.6 Å². The van der Waals surface area contributed by atoms with Crippen LogP contribution >= 0.6 is 15.9 Å². The molecule has 0 radical (unpaired) electrons. The highest BCUT2D eigenvalue weighted by atomic mass is 79.9. The molecule has 110 valence electrons. The van der Waals surface area contributed by atoms with Crippen molar-refractivity contribution in [2.75, 3.05) is 13.7 Å². The molecular formula is C10H16BrF3N4O. The van der Waals surface area contributed by atoms with Crippen LogP contribution in [0.3, 0.4) is 0 Å². The van der Waals surface area contributed by atoms with E-state index >= 15 is 0 Å². The number of ether oxygens (including phenoxy) is 1. The SMILES string of the molecule is COCCn1ncc(Br)c1C(CCC(F)(F)F)NN. The van der Waals surface area contributed by atoms with E-state index in [9.17, 15) is 13.2 Å². The van der Waals surface area contributed by atoms with Gasteiger partial charge in [0.2, 0.25) is 0 Å². The molecule has 1 heterocycles. The number of aromatic nitrogens is 2. The number of hydrogen-bond donors (Lipinski definition) is 2. The van der Waals surface area contributed by atoms with Crippen molar-refractivity contribution in [1.29, 1.82) is 0 Å². The summed E-state index contributed by atoms with van der Waals surface area (Å²) in [5.74, 6) is 5.35. The van der Waals surface area contributed by atoms with Gasteiger partial charge in [-0.2, -0.15) is 18.3 Å². The van der Waals surface area contributed by atoms with E-state index in [4.69, 9.17) is 10.6 Å². The number of hydrogen-bond acceptors (Lipinski definition) is 4. The number of methoxy groups -OCH3 is 1. The van der Waals surface area contributed by atoms with Crippen molar-refractivity contribution in [2.45, 2.75) is 31.6 Å². The minimum Gasteiger partial charge on any atom is -0.383 e. The van der Waals surface area contributed by atoms with Gasteiger partial charge in [-0.1, -0.05) is 0 Å². The number of halogens is 4. The van der Waals surface area contributed by atoms with Crippen LogP contribution in [0.2, 0.25) is 0 Å². The summed E-state index contributed by atoms with van der Waals surface area (Å²) in [6, 6.07) is -0.629. The Balaban J connectivity index is 2.81. The smallest absolute Gasteiger partial charge is 0.383 e. The fourth-order valence-corrected chi connectivity index (χ4v) is 2.25. The molecule has 19 heavy (non-hydrogen) atoms. The van der Waals surface area contributed by atoms with Crippen LogP contribution in [0.4, 0.5) is 13.2 Å². The predicted molar refractivity (Wildman–Crippen MR) is 67.2 cm³/mol. The number of nitrogens with one attached hydrogen (secondary N) is 1. The van der Waals surface area contributed by atoms with Gasteiger partial charge >= 0.3 is 6.18 Å². The molecule has 1 rings (SSSR count). The van der Waals surface area contributed by atoms with E-state index in [1.54, 1.807) is 11.8 Å². The highest BCUT2D eigenvalue weighted by molar-refractivity contribution is 9.10. The second kappa shape index (κ2) is 7.22. The van der Waals surface area contributed by atoms with E-state index in [2.05, 4.69) is 26.5 Å². The first-order valence-corrected chi connectivity index (χ1v) is 6.41. The topological polar surface area (TPSA) is 65.1 Å². The normalized spacial score (nSPS) is 13.8. The Morgan fingerprint density at radius 1 is 1.58 bits per heavy atom. The van der Waals surface area contributed by atoms with Crippen molar-refractivity contribution in [2.24, 2.45) is 5.84 Å². The maximum absolute atomic E-state index is 12.3. The zero-order valence-corrected chi connectivity index (χ0v) is 12.0. The average molecular weight is 345 g/mol. The first kappa shape index (κ1) is 16.4. The largest absolute Gasteiger partial charge is 0.389 e. The lowest BCUT2D eigenvalue weighted by atomic mass is 10.1. The summed E-state index contributed by atoms with van der Waals surface area (Å²) < 4.78 is 44.0. The molecule has 0 bridgehead atoms. The molecule has 9 heteroatoms. The first-order chi connectivity index (χ1) is 8.89. The molecule has 0 saturated carbocycles. The zero-order valence-electron chi connectivity index (χ0n) is 10.4. The number of nitrogens with two attached hydrogens (primary N) is 1. The second-order valence-corrected chi connectivity index (χ2v) is 4.82. The second-order valence-electron chi connectivity index (χ2n) is 3.97. The summed E-state index contributed by atoms with van der Waals surface area (Å²) in [5.41, 5.74) is 2.99. The predicted octanol–water partition coefficient (Wildman–Crippen LogP) is 2.14. The van der Waals surface area contributed by atoms with Crippen LogP contribution in [0.25, 0.3) is 0 Å². The lowest BCUT2D eigenvalue weighted by Gasteiger charge is -2.19. The van der Waals surface area contributed by atoms with Crippen LogP contribution in [-0.4, -0.2) is 29.7 Å². The molecule has 0 aliphatic rings. The summed E-state index contributed by atoms with van der Waals surface area (Å²) in [6.07, 6.45) is -3.75. The zero-order chi connectivity index (χ0) is 14.5. The molecule has 0 aliphatic carbocycles. The quantitative estimate of drug-likeness (QED) is 0.587. The Labute approximate surface area is 117 Å². The van der Waals surface area contributed by atoms with E-state index in [0.717, 1.165) is 0 Å². The van der Waals surface area contributed by atoms with Crippen molar-refractivity contribution in [3.8, 4) is 0 Å². The third-order valence-corrected chi connectivity index (χ3v) is 3.20. The summed E-state index contributed by atoms with van der Waals surface area (Å²) in [6.45, 7) is 0.860. The number of alkyl halides is 3. The molecule has 3 N–H and O–H groups in total. The molecule has 0 spiro atoms. The molecule has 0 saturated heterocycles. The minimum absolute atomic E-state index is 0.155.